The van der Waals surface area contributed by atoms with Crippen molar-refractivity contribution in [1.29, 1.82) is 0 Å². The number of nitrogens with one attached hydrogen (secondary N) is 1. The third-order valence-electron chi connectivity index (χ3n) is 6.42. The number of hydrogen-bond acceptors (Lipinski definition) is 7. The Bertz CT molecular complexity index is 985. The van der Waals surface area contributed by atoms with Crippen LogP contribution in [0.4, 0.5) is 0 Å². The molecule has 8 heteroatoms. The van der Waals surface area contributed by atoms with E-state index in [1.807, 2.05) is 18.2 Å². The molecule has 0 unspecified atom stereocenters. The van der Waals surface area contributed by atoms with Gasteiger partial charge in [-0.1, -0.05) is 55.3 Å². The molecule has 2 heterocycles. The molecule has 1 saturated heterocycles. The van der Waals surface area contributed by atoms with Crippen molar-refractivity contribution in [2.24, 2.45) is 22.4 Å². The molecule has 7 nitrogen and oxygen atoms in total. The van der Waals surface area contributed by atoms with Crippen molar-refractivity contribution >= 4 is 24.0 Å². The van der Waals surface area contributed by atoms with Gasteiger partial charge in [0, 0.05) is 24.0 Å². The molecule has 0 radical (unpaired) electrons. The lowest BCUT2D eigenvalue weighted by Crippen LogP contribution is -2.46. The van der Waals surface area contributed by atoms with Crippen LogP contribution >= 0.6 is 12.6 Å². The molecule has 2 aliphatic rings. The number of ether oxygens (including phenoxy) is 1. The summed E-state index contributed by atoms with van der Waals surface area (Å²) in [6.07, 6.45) is 10.2. The number of para-hydroxylation sites is 1. The van der Waals surface area contributed by atoms with Gasteiger partial charge in [-0.3, -0.25) is 0 Å². The lowest BCUT2D eigenvalue weighted by atomic mass is 9.83. The summed E-state index contributed by atoms with van der Waals surface area (Å²) in [6.45, 7) is 3.33. The van der Waals surface area contributed by atoms with E-state index in [-0.39, 0.29) is 5.60 Å². The molecule has 7 N–H and O–H groups in total. The molecule has 2 aromatic carbocycles. The zero-order valence-corrected chi connectivity index (χ0v) is 21.6. The monoisotopic (exact) mass is 496 g/mol. The molecule has 35 heavy (non-hydrogen) atoms. The van der Waals surface area contributed by atoms with E-state index in [1.54, 1.807) is 6.26 Å². The van der Waals surface area contributed by atoms with E-state index in [2.05, 4.69) is 59.5 Å². The van der Waals surface area contributed by atoms with E-state index in [1.165, 1.54) is 10.7 Å². The molecule has 0 bridgehead atoms. The third-order valence-corrected chi connectivity index (χ3v) is 6.42. The quantitative estimate of drug-likeness (QED) is 0.0907. The molecule has 2 aromatic rings. The molecule has 0 atom stereocenters. The minimum absolute atomic E-state index is 0.252. The van der Waals surface area contributed by atoms with Crippen molar-refractivity contribution in [2.75, 3.05) is 32.4 Å². The average Bonchev–Trinajstić information content (AvgIpc) is 2.90. The average molecular weight is 497 g/mol. The lowest BCUT2D eigenvalue weighted by Gasteiger charge is -2.40. The fourth-order valence-corrected chi connectivity index (χ4v) is 4.54. The normalized spacial score (nSPS) is 16.5. The van der Waals surface area contributed by atoms with Gasteiger partial charge >= 0.3 is 0 Å². The lowest BCUT2D eigenvalue weighted by molar-refractivity contribution is 0.0817. The van der Waals surface area contributed by atoms with Crippen LogP contribution in [0.1, 0.15) is 55.2 Å². The highest BCUT2D eigenvalue weighted by Crippen LogP contribution is 2.42. The van der Waals surface area contributed by atoms with Gasteiger partial charge < -0.3 is 21.5 Å². The number of amidine groups is 1. The Morgan fingerprint density at radius 1 is 1.03 bits per heavy atom. The largest absolute Gasteiger partial charge is 0.482 e. The first-order valence-electron chi connectivity index (χ1n) is 12.4. The Kier molecular flexibility index (Phi) is 10.5. The maximum absolute atomic E-state index is 6.49. The maximum Gasteiger partial charge on any atom is 0.152 e. The molecular weight excluding hydrogens is 456 g/mol. The number of nitrogens with two attached hydrogens (primary N) is 3. The fourth-order valence-electron chi connectivity index (χ4n) is 4.54. The second-order valence-electron chi connectivity index (χ2n) is 8.90. The van der Waals surface area contributed by atoms with Crippen LogP contribution in [0.15, 0.2) is 59.7 Å². The van der Waals surface area contributed by atoms with Crippen molar-refractivity contribution in [1.82, 2.24) is 10.4 Å². The summed E-state index contributed by atoms with van der Waals surface area (Å²) >= 11 is 3.53. The van der Waals surface area contributed by atoms with E-state index in [4.69, 9.17) is 22.0 Å². The number of piperidine rings is 1. The van der Waals surface area contributed by atoms with Crippen molar-refractivity contribution in [3.8, 4) is 5.75 Å². The van der Waals surface area contributed by atoms with E-state index in [0.29, 0.717) is 12.4 Å². The summed E-state index contributed by atoms with van der Waals surface area (Å²) < 4.78 is 6.49. The van der Waals surface area contributed by atoms with Gasteiger partial charge in [0.15, 0.2) is 5.84 Å². The number of fused-ring (bicyclic) bond motifs is 1. The van der Waals surface area contributed by atoms with Gasteiger partial charge in [0.2, 0.25) is 0 Å². The molecule has 0 amide bonds. The van der Waals surface area contributed by atoms with E-state index in [0.717, 1.165) is 80.6 Å². The Hall–Kier alpha value is -2.52. The Morgan fingerprint density at radius 3 is 2.43 bits per heavy atom. The number of benzene rings is 2. The summed E-state index contributed by atoms with van der Waals surface area (Å²) in [6, 6.07) is 16.5. The van der Waals surface area contributed by atoms with Gasteiger partial charge in [-0.05, 0) is 62.0 Å². The van der Waals surface area contributed by atoms with Crippen LogP contribution < -0.4 is 27.4 Å². The van der Waals surface area contributed by atoms with Gasteiger partial charge in [-0.2, -0.15) is 12.6 Å². The molecule has 2 aliphatic heterocycles. The van der Waals surface area contributed by atoms with Crippen molar-refractivity contribution in [2.45, 2.75) is 44.1 Å². The predicted molar refractivity (Wildman–Crippen MR) is 149 cm³/mol. The van der Waals surface area contributed by atoms with E-state index < -0.39 is 0 Å². The first-order chi connectivity index (χ1) is 17.1. The van der Waals surface area contributed by atoms with Crippen LogP contribution in [0.3, 0.4) is 0 Å². The first-order valence-corrected chi connectivity index (χ1v) is 13.3. The van der Waals surface area contributed by atoms with Crippen LogP contribution in [0, 0.1) is 0 Å². The van der Waals surface area contributed by atoms with Crippen LogP contribution in [0.25, 0.3) is 5.57 Å². The van der Waals surface area contributed by atoms with E-state index >= 15 is 0 Å². The number of unbranched alkanes of at least 4 members (excludes halogenated alkanes) is 3. The molecule has 0 aliphatic carbocycles. The topological polar surface area (TPSA) is 115 Å². The van der Waals surface area contributed by atoms with Gasteiger partial charge in [-0.25, -0.2) is 11.0 Å². The standard InChI is InChI=1S/C26H36N6O.CH4S/c27-15-5-1-2-6-18-32(29)31-25(28)21-11-9-20(10-12-21)23-19-26(13-16-30-17-14-26)33-24-8-4-3-7-22(23)24;1-2/h3-4,7-12,19,30H,1-2,5-6,13-18,27,29H2,(H2,28,31);2H,1H3. The molecule has 0 saturated carbocycles. The second-order valence-corrected chi connectivity index (χ2v) is 8.90. The summed E-state index contributed by atoms with van der Waals surface area (Å²) in [7, 11) is 0. The molecule has 1 spiro atoms. The number of hydrazone groups is 1. The number of thiol groups is 1. The molecular formula is C27H40N6OS. The summed E-state index contributed by atoms with van der Waals surface area (Å²) in [5.74, 6) is 7.39. The van der Waals surface area contributed by atoms with Gasteiger partial charge in [0.25, 0.3) is 0 Å². The number of rotatable bonds is 9. The number of nitrogens with zero attached hydrogens (tertiary/aromatic N) is 2. The zero-order chi connectivity index (χ0) is 25.1. The second kappa shape index (κ2) is 13.5. The smallest absolute Gasteiger partial charge is 0.152 e. The van der Waals surface area contributed by atoms with E-state index in [9.17, 15) is 0 Å². The highest BCUT2D eigenvalue weighted by atomic mass is 32.1. The van der Waals surface area contributed by atoms with Crippen LogP contribution in [0.2, 0.25) is 0 Å². The minimum atomic E-state index is -0.252. The minimum Gasteiger partial charge on any atom is -0.482 e. The van der Waals surface area contributed by atoms with Gasteiger partial charge in [-0.15, -0.1) is 5.10 Å². The first kappa shape index (κ1) is 27.1. The number of hydrazine groups is 1. The highest BCUT2D eigenvalue weighted by Gasteiger charge is 2.36. The highest BCUT2D eigenvalue weighted by molar-refractivity contribution is 7.79. The maximum atomic E-state index is 6.49. The molecule has 4 rings (SSSR count). The van der Waals surface area contributed by atoms with Crippen LogP contribution in [-0.4, -0.2) is 49.0 Å². The zero-order valence-electron chi connectivity index (χ0n) is 20.7. The molecule has 1 fully saturated rings. The van der Waals surface area contributed by atoms with Crippen molar-refractivity contribution in [3.63, 3.8) is 0 Å². The Balaban J connectivity index is 0.00000167. The van der Waals surface area contributed by atoms with Gasteiger partial charge in [0.05, 0.1) is 6.54 Å². The number of hydrogen-bond donors (Lipinski definition) is 5. The summed E-state index contributed by atoms with van der Waals surface area (Å²) in [5.41, 5.74) is 15.8. The molecule has 190 valence electrons. The fraction of sp³-hybridized carbons (Fsp3) is 0.444. The van der Waals surface area contributed by atoms with Crippen molar-refractivity contribution < 1.29 is 4.74 Å². The van der Waals surface area contributed by atoms with Gasteiger partial charge in [0.1, 0.15) is 11.4 Å². The molecule has 0 aromatic heterocycles. The predicted octanol–water partition coefficient (Wildman–Crippen LogP) is 3.49. The summed E-state index contributed by atoms with van der Waals surface area (Å²) in [5, 5.41) is 9.22. The van der Waals surface area contributed by atoms with Crippen molar-refractivity contribution in [3.05, 3.63) is 71.3 Å². The van der Waals surface area contributed by atoms with Crippen LogP contribution in [0.5, 0.6) is 5.75 Å². The third kappa shape index (κ3) is 7.24. The Morgan fingerprint density at radius 2 is 1.71 bits per heavy atom. The summed E-state index contributed by atoms with van der Waals surface area (Å²) in [4.78, 5) is 0. The van der Waals surface area contributed by atoms with Crippen LogP contribution in [-0.2, 0) is 0 Å². The Labute approximate surface area is 215 Å². The SMILES string of the molecule is CS.NCCCCCCN(N)/N=C(\N)c1ccc(C2=CC3(CCNCC3)Oc3ccccc32)cc1.